The van der Waals surface area contributed by atoms with Crippen LogP contribution in [0.15, 0.2) is 65.0 Å². The first-order valence-electron chi connectivity index (χ1n) is 11.1. The Balaban J connectivity index is 1.94. The zero-order chi connectivity index (χ0) is 25.3. The Kier molecular flexibility index (Phi) is 6.59. The van der Waals surface area contributed by atoms with Crippen molar-refractivity contribution in [1.82, 2.24) is 5.32 Å². The molecule has 1 N–H and O–H groups in total. The molecular formula is C26H26N2O7. The number of dihydropyridines is 1. The van der Waals surface area contributed by atoms with Gasteiger partial charge in [-0.2, -0.15) is 0 Å². The van der Waals surface area contributed by atoms with E-state index in [1.165, 1.54) is 33.5 Å². The average molecular weight is 479 g/mol. The molecule has 0 spiro atoms. The molecule has 2 aromatic carbocycles. The number of hydrogen-bond donors (Lipinski definition) is 1. The number of carbonyl (C=O) groups is 2. The lowest BCUT2D eigenvalue weighted by atomic mass is 9.71. The van der Waals surface area contributed by atoms with Crippen LogP contribution in [0.2, 0.25) is 0 Å². The number of allylic oxidation sites excluding steroid dienone is 3. The molecule has 0 bridgehead atoms. The lowest BCUT2D eigenvalue weighted by molar-refractivity contribution is -0.385. The van der Waals surface area contributed by atoms with E-state index >= 15 is 0 Å². The molecule has 1 aliphatic carbocycles. The van der Waals surface area contributed by atoms with Gasteiger partial charge in [-0.25, -0.2) is 4.79 Å². The van der Waals surface area contributed by atoms with Crippen LogP contribution in [0.4, 0.5) is 5.69 Å². The van der Waals surface area contributed by atoms with E-state index in [9.17, 15) is 19.7 Å². The van der Waals surface area contributed by atoms with Gasteiger partial charge in [0.25, 0.3) is 5.69 Å². The van der Waals surface area contributed by atoms with Gasteiger partial charge >= 0.3 is 5.97 Å². The number of Topliss-reactive ketones (excluding diaryl/α,β-unsaturated/α-hetero) is 1. The van der Waals surface area contributed by atoms with Crippen LogP contribution in [-0.2, 0) is 14.3 Å². The first kappa shape index (κ1) is 24.0. The fraction of sp³-hybridized carbons (Fsp3) is 0.308. The maximum absolute atomic E-state index is 13.6. The van der Waals surface area contributed by atoms with Crippen LogP contribution in [0.5, 0.6) is 11.5 Å². The number of rotatable bonds is 6. The summed E-state index contributed by atoms with van der Waals surface area (Å²) < 4.78 is 15.7. The van der Waals surface area contributed by atoms with Crippen molar-refractivity contribution >= 4 is 17.4 Å². The van der Waals surface area contributed by atoms with Gasteiger partial charge in [-0.05, 0) is 30.9 Å². The minimum absolute atomic E-state index is 0.0523. The van der Waals surface area contributed by atoms with E-state index in [2.05, 4.69) is 5.32 Å². The van der Waals surface area contributed by atoms with Gasteiger partial charge in [-0.3, -0.25) is 14.9 Å². The van der Waals surface area contributed by atoms with Gasteiger partial charge in [0.2, 0.25) is 0 Å². The molecule has 1 heterocycles. The third-order valence-corrected chi connectivity index (χ3v) is 6.54. The number of methoxy groups -OCH3 is 3. The number of nitrogens with zero attached hydrogens (tertiary/aromatic N) is 1. The van der Waals surface area contributed by atoms with Gasteiger partial charge < -0.3 is 19.5 Å². The number of esters is 1. The predicted octanol–water partition coefficient (Wildman–Crippen LogP) is 4.15. The summed E-state index contributed by atoms with van der Waals surface area (Å²) in [6, 6.07) is 12.4. The molecule has 35 heavy (non-hydrogen) atoms. The van der Waals surface area contributed by atoms with E-state index in [4.69, 9.17) is 14.2 Å². The summed E-state index contributed by atoms with van der Waals surface area (Å²) >= 11 is 0. The molecule has 2 aliphatic rings. The molecule has 2 unspecified atom stereocenters. The van der Waals surface area contributed by atoms with Crippen LogP contribution in [0.1, 0.15) is 42.7 Å². The van der Waals surface area contributed by atoms with Crippen LogP contribution in [0, 0.1) is 10.1 Å². The number of ether oxygens (including phenoxy) is 3. The second-order valence-electron chi connectivity index (χ2n) is 8.44. The Morgan fingerprint density at radius 1 is 1.06 bits per heavy atom. The minimum atomic E-state index is -0.997. The molecule has 2 aromatic rings. The number of nitro groups is 1. The molecule has 0 radical (unpaired) electrons. The highest BCUT2D eigenvalue weighted by Crippen LogP contribution is 2.49. The Labute approximate surface area is 202 Å². The molecule has 0 fully saturated rings. The van der Waals surface area contributed by atoms with Crippen molar-refractivity contribution in [3.63, 3.8) is 0 Å². The average Bonchev–Trinajstić information content (AvgIpc) is 2.86. The topological polar surface area (TPSA) is 117 Å². The van der Waals surface area contributed by atoms with Crippen LogP contribution in [0.3, 0.4) is 0 Å². The molecule has 1 aliphatic heterocycles. The van der Waals surface area contributed by atoms with Crippen molar-refractivity contribution in [3.05, 3.63) is 86.2 Å². The highest BCUT2D eigenvalue weighted by molar-refractivity contribution is 6.04. The van der Waals surface area contributed by atoms with Gasteiger partial charge in [-0.15, -0.1) is 0 Å². The Bertz CT molecular complexity index is 1260. The summed E-state index contributed by atoms with van der Waals surface area (Å²) in [7, 11) is 4.03. The zero-order valence-electron chi connectivity index (χ0n) is 19.9. The third-order valence-electron chi connectivity index (χ3n) is 6.54. The van der Waals surface area contributed by atoms with E-state index < -0.39 is 16.8 Å². The third kappa shape index (κ3) is 4.25. The fourth-order valence-corrected chi connectivity index (χ4v) is 4.96. The smallest absolute Gasteiger partial charge is 0.336 e. The summed E-state index contributed by atoms with van der Waals surface area (Å²) in [5, 5.41) is 15.3. The monoisotopic (exact) mass is 478 g/mol. The van der Waals surface area contributed by atoms with Crippen LogP contribution in [0.25, 0.3) is 0 Å². The molecule has 0 saturated heterocycles. The lowest BCUT2D eigenvalue weighted by Crippen LogP contribution is -2.36. The van der Waals surface area contributed by atoms with E-state index in [1.54, 1.807) is 6.92 Å². The summed E-state index contributed by atoms with van der Waals surface area (Å²) in [5.41, 5.74) is 2.51. The number of nitrogens with one attached hydrogen (secondary N) is 1. The lowest BCUT2D eigenvalue weighted by Gasteiger charge is -2.36. The second-order valence-corrected chi connectivity index (χ2v) is 8.44. The molecule has 0 amide bonds. The summed E-state index contributed by atoms with van der Waals surface area (Å²) in [4.78, 5) is 38.1. The Morgan fingerprint density at radius 3 is 2.31 bits per heavy atom. The van der Waals surface area contributed by atoms with Crippen molar-refractivity contribution in [2.24, 2.45) is 0 Å². The van der Waals surface area contributed by atoms with Crippen molar-refractivity contribution in [2.45, 2.75) is 31.6 Å². The van der Waals surface area contributed by atoms with Gasteiger partial charge in [-0.1, -0.05) is 30.3 Å². The van der Waals surface area contributed by atoms with Gasteiger partial charge in [0.1, 0.15) is 0 Å². The van der Waals surface area contributed by atoms with Crippen molar-refractivity contribution in [2.75, 3.05) is 21.3 Å². The van der Waals surface area contributed by atoms with Gasteiger partial charge in [0.15, 0.2) is 17.3 Å². The maximum Gasteiger partial charge on any atom is 0.336 e. The Morgan fingerprint density at radius 2 is 1.71 bits per heavy atom. The van der Waals surface area contributed by atoms with Gasteiger partial charge in [0, 0.05) is 29.0 Å². The number of nitro benzene ring substituents is 1. The standard InChI is InChI=1S/C26H26N2O7/c1-14-23(26(30)35-4)24(17-12-21(33-2)22(34-3)13-19(17)28(31)32)25-18(27-14)10-16(11-20(25)29)15-8-6-5-7-9-15/h5-9,12-13,16,24,27H,10-11H2,1-4H3. The molecular weight excluding hydrogens is 452 g/mol. The zero-order valence-corrected chi connectivity index (χ0v) is 19.9. The van der Waals surface area contributed by atoms with Crippen LogP contribution >= 0.6 is 0 Å². The van der Waals surface area contributed by atoms with Crippen molar-refractivity contribution < 1.29 is 28.7 Å². The summed E-state index contributed by atoms with van der Waals surface area (Å²) in [6.07, 6.45) is 0.740. The normalized spacial score (nSPS) is 19.6. The number of carbonyl (C=O) groups excluding carboxylic acids is 2. The first-order valence-corrected chi connectivity index (χ1v) is 11.1. The molecule has 9 heteroatoms. The number of ketones is 1. The predicted molar refractivity (Wildman–Crippen MR) is 127 cm³/mol. The minimum Gasteiger partial charge on any atom is -0.493 e. The van der Waals surface area contributed by atoms with Crippen LogP contribution in [-0.4, -0.2) is 38.0 Å². The highest BCUT2D eigenvalue weighted by atomic mass is 16.6. The van der Waals surface area contributed by atoms with E-state index in [0.717, 1.165) is 5.56 Å². The van der Waals surface area contributed by atoms with E-state index in [1.807, 2.05) is 30.3 Å². The van der Waals surface area contributed by atoms with E-state index in [-0.39, 0.29) is 46.4 Å². The number of benzene rings is 2. The summed E-state index contributed by atoms with van der Waals surface area (Å²) in [6.45, 7) is 1.70. The molecule has 0 aromatic heterocycles. The van der Waals surface area contributed by atoms with Crippen molar-refractivity contribution in [1.29, 1.82) is 0 Å². The quantitative estimate of drug-likeness (QED) is 0.374. The second kappa shape index (κ2) is 9.61. The molecule has 2 atom stereocenters. The van der Waals surface area contributed by atoms with Crippen molar-refractivity contribution in [3.8, 4) is 11.5 Å². The highest BCUT2D eigenvalue weighted by Gasteiger charge is 2.44. The van der Waals surface area contributed by atoms with Gasteiger partial charge in [0.05, 0.1) is 43.8 Å². The van der Waals surface area contributed by atoms with E-state index in [0.29, 0.717) is 23.4 Å². The summed E-state index contributed by atoms with van der Waals surface area (Å²) in [5.74, 6) is -1.48. The first-order chi connectivity index (χ1) is 16.8. The molecule has 0 saturated carbocycles. The maximum atomic E-state index is 13.6. The molecule has 9 nitrogen and oxygen atoms in total. The SMILES string of the molecule is COC(=O)C1=C(C)NC2=C(C(=O)CC(c3ccccc3)C2)C1c1cc(OC)c(OC)cc1[N+](=O)[O-]. The molecule has 4 rings (SSSR count). The Hall–Kier alpha value is -4.14. The molecule has 182 valence electrons. The fourth-order valence-electron chi connectivity index (χ4n) is 4.96. The number of hydrogen-bond acceptors (Lipinski definition) is 8. The van der Waals surface area contributed by atoms with Crippen LogP contribution < -0.4 is 14.8 Å². The largest absolute Gasteiger partial charge is 0.493 e.